The molecule has 28 heavy (non-hydrogen) atoms. The normalized spacial score (nSPS) is 11.0. The van der Waals surface area contributed by atoms with Crippen LogP contribution in [0.5, 0.6) is 11.5 Å². The molecule has 0 bridgehead atoms. The van der Waals surface area contributed by atoms with Crippen LogP contribution in [-0.4, -0.2) is 33.7 Å². The third-order valence-electron chi connectivity index (χ3n) is 4.45. The van der Waals surface area contributed by atoms with Gasteiger partial charge in [-0.1, -0.05) is 12.1 Å². The number of fused-ring (bicyclic) bond motifs is 1. The highest BCUT2D eigenvalue weighted by molar-refractivity contribution is 5.77. The van der Waals surface area contributed by atoms with Gasteiger partial charge in [0, 0.05) is 0 Å². The van der Waals surface area contributed by atoms with Crippen molar-refractivity contribution in [1.82, 2.24) is 19.5 Å². The zero-order chi connectivity index (χ0) is 19.7. The average molecular weight is 379 g/mol. The number of H-pyrrole nitrogens is 1. The molecule has 7 nitrogen and oxygen atoms in total. The van der Waals surface area contributed by atoms with Crippen molar-refractivity contribution >= 4 is 11.2 Å². The highest BCUT2D eigenvalue weighted by Gasteiger charge is 2.15. The molecule has 0 aliphatic rings. The van der Waals surface area contributed by atoms with E-state index in [-0.39, 0.29) is 11.3 Å². The smallest absolute Gasteiger partial charge is 0.173 e. The summed E-state index contributed by atoms with van der Waals surface area (Å²) in [6, 6.07) is 11.7. The van der Waals surface area contributed by atoms with Gasteiger partial charge in [-0.3, -0.25) is 5.41 Å². The number of imidazole rings is 1. The van der Waals surface area contributed by atoms with Crippen LogP contribution >= 0.6 is 0 Å². The van der Waals surface area contributed by atoms with E-state index in [0.717, 1.165) is 5.56 Å². The van der Waals surface area contributed by atoms with Crippen LogP contribution in [-0.2, 0) is 6.54 Å². The Balaban J connectivity index is 1.84. The highest BCUT2D eigenvalue weighted by atomic mass is 19.1. The van der Waals surface area contributed by atoms with E-state index >= 15 is 0 Å². The first-order chi connectivity index (χ1) is 13.6. The van der Waals surface area contributed by atoms with E-state index in [1.165, 1.54) is 12.1 Å². The predicted octanol–water partition coefficient (Wildman–Crippen LogP) is 3.11. The minimum atomic E-state index is -0.286. The summed E-state index contributed by atoms with van der Waals surface area (Å²) in [6.07, 6.45) is 1.56. The van der Waals surface area contributed by atoms with Crippen molar-refractivity contribution in [2.24, 2.45) is 0 Å². The molecule has 0 aliphatic carbocycles. The monoisotopic (exact) mass is 379 g/mol. The first-order valence-corrected chi connectivity index (χ1v) is 8.55. The van der Waals surface area contributed by atoms with Gasteiger partial charge in [0.2, 0.25) is 0 Å². The number of hydrogen-bond acceptors (Lipinski definition) is 5. The van der Waals surface area contributed by atoms with Crippen LogP contribution in [0.15, 0.2) is 48.8 Å². The molecule has 0 atom stereocenters. The summed E-state index contributed by atoms with van der Waals surface area (Å²) < 4.78 is 25.7. The Hall–Kier alpha value is -3.68. The van der Waals surface area contributed by atoms with Gasteiger partial charge < -0.3 is 19.0 Å². The van der Waals surface area contributed by atoms with Gasteiger partial charge in [-0.15, -0.1) is 0 Å². The van der Waals surface area contributed by atoms with Crippen LogP contribution in [0, 0.1) is 11.2 Å². The molecule has 0 amide bonds. The molecule has 2 aromatic carbocycles. The van der Waals surface area contributed by atoms with Crippen molar-refractivity contribution in [1.29, 1.82) is 5.41 Å². The third kappa shape index (κ3) is 3.20. The van der Waals surface area contributed by atoms with Gasteiger partial charge in [0.1, 0.15) is 28.7 Å². The molecule has 142 valence electrons. The van der Waals surface area contributed by atoms with Crippen molar-refractivity contribution in [2.75, 3.05) is 14.2 Å². The Bertz CT molecular complexity index is 1200. The lowest BCUT2D eigenvalue weighted by Gasteiger charge is -2.08. The summed E-state index contributed by atoms with van der Waals surface area (Å²) in [5, 5.41) is 8.12. The van der Waals surface area contributed by atoms with Crippen LogP contribution in [0.1, 0.15) is 5.56 Å². The predicted molar refractivity (Wildman–Crippen MR) is 102 cm³/mol. The molecule has 8 heteroatoms. The lowest BCUT2D eigenvalue weighted by molar-refractivity contribution is 0.404. The summed E-state index contributed by atoms with van der Waals surface area (Å²) in [4.78, 5) is 12.0. The molecule has 0 radical (unpaired) electrons. The number of aromatic nitrogens is 4. The Kier molecular flexibility index (Phi) is 4.52. The van der Waals surface area contributed by atoms with Gasteiger partial charge in [0.25, 0.3) is 0 Å². The Labute approximate surface area is 159 Å². The Morgan fingerprint density at radius 3 is 2.61 bits per heavy atom. The van der Waals surface area contributed by atoms with E-state index in [1.807, 2.05) is 10.6 Å². The second kappa shape index (κ2) is 7.15. The molecule has 0 aliphatic heterocycles. The molecule has 4 rings (SSSR count). The number of halogens is 1. The molecule has 0 unspecified atom stereocenters. The van der Waals surface area contributed by atoms with E-state index in [1.54, 1.807) is 44.8 Å². The molecule has 0 spiro atoms. The van der Waals surface area contributed by atoms with Gasteiger partial charge in [-0.25, -0.2) is 14.4 Å². The quantitative estimate of drug-likeness (QED) is 0.558. The average Bonchev–Trinajstić information content (AvgIpc) is 3.17. The third-order valence-corrected chi connectivity index (χ3v) is 4.45. The van der Waals surface area contributed by atoms with Crippen molar-refractivity contribution in [2.45, 2.75) is 6.54 Å². The molecule has 0 saturated heterocycles. The fourth-order valence-electron chi connectivity index (χ4n) is 3.01. The fourth-order valence-corrected chi connectivity index (χ4v) is 3.01. The van der Waals surface area contributed by atoms with Gasteiger partial charge >= 0.3 is 0 Å². The summed E-state index contributed by atoms with van der Waals surface area (Å²) in [6.45, 7) is 0.448. The number of nitrogens with zero attached hydrogens (tertiary/aromatic N) is 3. The van der Waals surface area contributed by atoms with Crippen molar-refractivity contribution in [3.8, 4) is 22.9 Å². The lowest BCUT2D eigenvalue weighted by Crippen LogP contribution is -2.13. The molecule has 0 fully saturated rings. The maximum absolute atomic E-state index is 13.2. The van der Waals surface area contributed by atoms with Crippen molar-refractivity contribution < 1.29 is 13.9 Å². The topological polar surface area (TPSA) is 88.8 Å². The van der Waals surface area contributed by atoms with Crippen LogP contribution < -0.4 is 15.0 Å². The van der Waals surface area contributed by atoms with Crippen LogP contribution in [0.3, 0.4) is 0 Å². The molecule has 2 aromatic heterocycles. The largest absolute Gasteiger partial charge is 0.497 e. The van der Waals surface area contributed by atoms with E-state index in [2.05, 4.69) is 15.0 Å². The Morgan fingerprint density at radius 2 is 1.89 bits per heavy atom. The molecule has 2 heterocycles. The number of nitrogens with one attached hydrogen (secondary N) is 2. The molecule has 0 saturated carbocycles. The maximum Gasteiger partial charge on any atom is 0.173 e. The van der Waals surface area contributed by atoms with Crippen LogP contribution in [0.4, 0.5) is 4.39 Å². The van der Waals surface area contributed by atoms with Gasteiger partial charge in [0.05, 0.1) is 32.7 Å². The Morgan fingerprint density at radius 1 is 1.11 bits per heavy atom. The van der Waals surface area contributed by atoms with Crippen LogP contribution in [0.2, 0.25) is 0 Å². The number of benzene rings is 2. The SMILES string of the molecule is COc1ccc(OC)c(-c2nc3c([nH]2)c(=N)ncn3Cc2ccc(F)cc2)c1. The number of aromatic amines is 1. The van der Waals surface area contributed by atoms with E-state index in [9.17, 15) is 4.39 Å². The minimum absolute atomic E-state index is 0.0889. The van der Waals surface area contributed by atoms with Gasteiger partial charge in [-0.2, -0.15) is 0 Å². The summed E-state index contributed by atoms with van der Waals surface area (Å²) >= 11 is 0. The number of hydrogen-bond donors (Lipinski definition) is 2. The van der Waals surface area contributed by atoms with Crippen molar-refractivity contribution in [3.63, 3.8) is 0 Å². The standard InChI is InChI=1S/C20H18FN5O2/c1-27-14-7-8-16(28-2)15(9-14)19-24-17-18(22)23-11-26(20(17)25-19)10-12-3-5-13(21)6-4-12/h3-9,11,22H,10H2,1-2H3,(H,24,25). The summed E-state index contributed by atoms with van der Waals surface area (Å²) in [7, 11) is 3.17. The van der Waals surface area contributed by atoms with Crippen LogP contribution in [0.25, 0.3) is 22.6 Å². The van der Waals surface area contributed by atoms with E-state index in [4.69, 9.17) is 14.9 Å². The van der Waals surface area contributed by atoms with Gasteiger partial charge in [-0.05, 0) is 35.9 Å². The number of rotatable bonds is 5. The summed E-state index contributed by atoms with van der Waals surface area (Å²) in [5.74, 6) is 1.55. The van der Waals surface area contributed by atoms with Crippen molar-refractivity contribution in [3.05, 3.63) is 65.7 Å². The zero-order valence-electron chi connectivity index (χ0n) is 15.4. The molecular weight excluding hydrogens is 361 g/mol. The number of methoxy groups -OCH3 is 2. The second-order valence-corrected chi connectivity index (χ2v) is 6.20. The summed E-state index contributed by atoms with van der Waals surface area (Å²) in [5.41, 5.74) is 2.78. The lowest BCUT2D eigenvalue weighted by atomic mass is 10.2. The second-order valence-electron chi connectivity index (χ2n) is 6.20. The van der Waals surface area contributed by atoms with Gasteiger partial charge in [0.15, 0.2) is 11.1 Å². The first kappa shape index (κ1) is 17.7. The molecular formula is C20H18FN5O2. The highest BCUT2D eigenvalue weighted by Crippen LogP contribution is 2.32. The molecule has 4 aromatic rings. The maximum atomic E-state index is 13.2. The first-order valence-electron chi connectivity index (χ1n) is 8.55. The van der Waals surface area contributed by atoms with E-state index in [0.29, 0.717) is 40.6 Å². The minimum Gasteiger partial charge on any atom is -0.497 e. The molecule has 2 N–H and O–H groups in total. The zero-order valence-corrected chi connectivity index (χ0v) is 15.4. The number of ether oxygens (including phenoxy) is 2. The fraction of sp³-hybridized carbons (Fsp3) is 0.150. The van der Waals surface area contributed by atoms with E-state index < -0.39 is 0 Å².